The van der Waals surface area contributed by atoms with Crippen molar-refractivity contribution in [1.29, 1.82) is 0 Å². The first-order valence-corrected chi connectivity index (χ1v) is 6.46. The number of methoxy groups -OCH3 is 1. The number of carbonyl (C=O) groups excluding carboxylic acids is 1. The molecule has 0 atom stereocenters. The van der Waals surface area contributed by atoms with Crippen molar-refractivity contribution in [2.45, 2.75) is 0 Å². The predicted octanol–water partition coefficient (Wildman–Crippen LogP) is 4.18. The number of esters is 1. The van der Waals surface area contributed by atoms with E-state index in [1.165, 1.54) is 13.2 Å². The Kier molecular flexibility index (Phi) is 3.21. The molecule has 0 aromatic heterocycles. The highest BCUT2D eigenvalue weighted by atomic mass is 16.5. The molecule has 0 spiro atoms. The largest absolute Gasteiger partial charge is 0.466 e. The summed E-state index contributed by atoms with van der Waals surface area (Å²) in [6.45, 7) is 0. The quantitative estimate of drug-likeness (QED) is 0.393. The summed E-state index contributed by atoms with van der Waals surface area (Å²) in [5.41, 5.74) is 1.05. The maximum Gasteiger partial charge on any atom is 0.330 e. The van der Waals surface area contributed by atoms with Crippen LogP contribution in [0.3, 0.4) is 0 Å². The molecule has 0 unspecified atom stereocenters. The van der Waals surface area contributed by atoms with Crippen molar-refractivity contribution in [2.75, 3.05) is 7.11 Å². The van der Waals surface area contributed by atoms with Crippen LogP contribution in [0.15, 0.2) is 60.7 Å². The number of ether oxygens (including phenoxy) is 1. The fraction of sp³-hybridized carbons (Fsp3) is 0.0556. The monoisotopic (exact) mass is 262 g/mol. The van der Waals surface area contributed by atoms with Crippen LogP contribution in [0.1, 0.15) is 5.56 Å². The van der Waals surface area contributed by atoms with Gasteiger partial charge in [-0.3, -0.25) is 0 Å². The van der Waals surface area contributed by atoms with Crippen molar-refractivity contribution >= 4 is 33.6 Å². The molecule has 0 saturated carbocycles. The molecule has 98 valence electrons. The summed E-state index contributed by atoms with van der Waals surface area (Å²) < 4.78 is 4.67. The average molecular weight is 262 g/mol. The second kappa shape index (κ2) is 5.17. The first-order chi connectivity index (χ1) is 9.79. The molecule has 3 aromatic rings. The summed E-state index contributed by atoms with van der Waals surface area (Å²) in [6.07, 6.45) is 3.30. The average Bonchev–Trinajstić information content (AvgIpc) is 2.51. The van der Waals surface area contributed by atoms with Gasteiger partial charge in [-0.15, -0.1) is 0 Å². The summed E-state index contributed by atoms with van der Waals surface area (Å²) in [4.78, 5) is 11.3. The lowest BCUT2D eigenvalue weighted by Crippen LogP contribution is -1.93. The van der Waals surface area contributed by atoms with Gasteiger partial charge in [-0.25, -0.2) is 4.79 Å². The van der Waals surface area contributed by atoms with Crippen molar-refractivity contribution in [3.63, 3.8) is 0 Å². The molecule has 2 heteroatoms. The van der Waals surface area contributed by atoms with Gasteiger partial charge in [0.05, 0.1) is 7.11 Å². The van der Waals surface area contributed by atoms with Gasteiger partial charge in [0.15, 0.2) is 0 Å². The Morgan fingerprint density at radius 3 is 2.05 bits per heavy atom. The zero-order chi connectivity index (χ0) is 13.9. The fourth-order valence-electron chi connectivity index (χ4n) is 2.45. The molecule has 0 aliphatic carbocycles. The lowest BCUT2D eigenvalue weighted by Gasteiger charge is -2.08. The van der Waals surface area contributed by atoms with Gasteiger partial charge >= 0.3 is 5.97 Å². The van der Waals surface area contributed by atoms with E-state index in [4.69, 9.17) is 0 Å². The molecule has 0 N–H and O–H groups in total. The second-order valence-electron chi connectivity index (χ2n) is 4.59. The molecule has 0 bridgehead atoms. The van der Waals surface area contributed by atoms with E-state index in [1.807, 2.05) is 30.3 Å². The molecule has 20 heavy (non-hydrogen) atoms. The van der Waals surface area contributed by atoms with E-state index < -0.39 is 0 Å². The van der Waals surface area contributed by atoms with Crippen LogP contribution < -0.4 is 0 Å². The van der Waals surface area contributed by atoms with Crippen molar-refractivity contribution < 1.29 is 9.53 Å². The van der Waals surface area contributed by atoms with E-state index in [0.29, 0.717) is 0 Å². The lowest BCUT2D eigenvalue weighted by atomic mass is 9.96. The minimum Gasteiger partial charge on any atom is -0.466 e. The Bertz CT molecular complexity index is 762. The number of benzene rings is 3. The van der Waals surface area contributed by atoms with Gasteiger partial charge in [0, 0.05) is 6.08 Å². The van der Waals surface area contributed by atoms with Gasteiger partial charge in [0.1, 0.15) is 0 Å². The first-order valence-electron chi connectivity index (χ1n) is 6.46. The molecule has 0 amide bonds. The molecular weight excluding hydrogens is 248 g/mol. The predicted molar refractivity (Wildman–Crippen MR) is 82.5 cm³/mol. The molecule has 3 rings (SSSR count). The van der Waals surface area contributed by atoms with Crippen molar-refractivity contribution in [3.8, 4) is 0 Å². The van der Waals surface area contributed by atoms with Crippen LogP contribution in [-0.2, 0) is 9.53 Å². The van der Waals surface area contributed by atoms with Gasteiger partial charge in [-0.2, -0.15) is 0 Å². The maximum absolute atomic E-state index is 11.3. The zero-order valence-corrected chi connectivity index (χ0v) is 11.2. The second-order valence-corrected chi connectivity index (χ2v) is 4.59. The van der Waals surface area contributed by atoms with E-state index in [0.717, 1.165) is 27.1 Å². The summed E-state index contributed by atoms with van der Waals surface area (Å²) >= 11 is 0. The van der Waals surface area contributed by atoms with Crippen LogP contribution in [0.25, 0.3) is 27.6 Å². The van der Waals surface area contributed by atoms with E-state index in [9.17, 15) is 4.79 Å². The summed E-state index contributed by atoms with van der Waals surface area (Å²) in [5, 5.41) is 4.59. The van der Waals surface area contributed by atoms with E-state index in [2.05, 4.69) is 35.1 Å². The van der Waals surface area contributed by atoms with Crippen LogP contribution in [0.5, 0.6) is 0 Å². The highest BCUT2D eigenvalue weighted by molar-refractivity contribution is 6.07. The highest BCUT2D eigenvalue weighted by Crippen LogP contribution is 2.29. The summed E-state index contributed by atoms with van der Waals surface area (Å²) in [7, 11) is 1.38. The molecule has 0 saturated heterocycles. The molecule has 2 nitrogen and oxygen atoms in total. The van der Waals surface area contributed by atoms with E-state index in [1.54, 1.807) is 0 Å². The minimum atomic E-state index is -0.345. The summed E-state index contributed by atoms with van der Waals surface area (Å²) in [6, 6.07) is 18.5. The van der Waals surface area contributed by atoms with Crippen molar-refractivity contribution in [2.24, 2.45) is 0 Å². The van der Waals surface area contributed by atoms with Crippen LogP contribution in [0.4, 0.5) is 0 Å². The Balaban J connectivity index is 2.33. The molecule has 0 fully saturated rings. The normalized spacial score (nSPS) is 11.2. The fourth-order valence-corrected chi connectivity index (χ4v) is 2.45. The van der Waals surface area contributed by atoms with Crippen LogP contribution in [0, 0.1) is 0 Å². The van der Waals surface area contributed by atoms with Crippen molar-refractivity contribution in [1.82, 2.24) is 0 Å². The maximum atomic E-state index is 11.3. The SMILES string of the molecule is COC(=O)C=Cc1c2ccccc2cc2ccccc12. The Morgan fingerprint density at radius 1 is 0.950 bits per heavy atom. The number of hydrogen-bond acceptors (Lipinski definition) is 2. The van der Waals surface area contributed by atoms with Crippen molar-refractivity contribution in [3.05, 3.63) is 66.2 Å². The Morgan fingerprint density at radius 2 is 1.50 bits per heavy atom. The molecule has 0 radical (unpaired) electrons. The number of hydrogen-bond donors (Lipinski definition) is 0. The van der Waals surface area contributed by atoms with Gasteiger partial charge < -0.3 is 4.74 Å². The molecular formula is C18H14O2. The number of carbonyl (C=O) groups is 1. The van der Waals surface area contributed by atoms with Gasteiger partial charge in [-0.1, -0.05) is 48.5 Å². The Hall–Kier alpha value is -2.61. The van der Waals surface area contributed by atoms with E-state index in [-0.39, 0.29) is 5.97 Å². The van der Waals surface area contributed by atoms with Crippen LogP contribution in [0.2, 0.25) is 0 Å². The van der Waals surface area contributed by atoms with Gasteiger partial charge in [0.25, 0.3) is 0 Å². The third-order valence-corrected chi connectivity index (χ3v) is 3.40. The zero-order valence-electron chi connectivity index (χ0n) is 11.2. The van der Waals surface area contributed by atoms with Gasteiger partial charge in [-0.05, 0) is 39.3 Å². The number of fused-ring (bicyclic) bond motifs is 2. The minimum absolute atomic E-state index is 0.345. The molecule has 0 heterocycles. The first kappa shape index (κ1) is 12.4. The third kappa shape index (κ3) is 2.16. The molecule has 0 aliphatic rings. The highest BCUT2D eigenvalue weighted by Gasteiger charge is 2.05. The van der Waals surface area contributed by atoms with Crippen LogP contribution >= 0.6 is 0 Å². The topological polar surface area (TPSA) is 26.3 Å². The Labute approximate surface area is 117 Å². The summed E-state index contributed by atoms with van der Waals surface area (Å²) in [5.74, 6) is -0.345. The molecule has 3 aromatic carbocycles. The van der Waals surface area contributed by atoms with Crippen LogP contribution in [-0.4, -0.2) is 13.1 Å². The molecule has 0 aliphatic heterocycles. The van der Waals surface area contributed by atoms with Gasteiger partial charge in [0.2, 0.25) is 0 Å². The van der Waals surface area contributed by atoms with E-state index >= 15 is 0 Å². The number of rotatable bonds is 2. The third-order valence-electron chi connectivity index (χ3n) is 3.40. The standard InChI is InChI=1S/C18H14O2/c1-20-18(19)11-10-17-15-8-4-2-6-13(15)12-14-7-3-5-9-16(14)17/h2-12H,1H3. The smallest absolute Gasteiger partial charge is 0.330 e. The lowest BCUT2D eigenvalue weighted by molar-refractivity contribution is -0.134.